The van der Waals surface area contributed by atoms with E-state index in [4.69, 9.17) is 10.1 Å². The minimum absolute atomic E-state index is 0.126. The Morgan fingerprint density at radius 1 is 0.878 bits per heavy atom. The Bertz CT molecular complexity index is 1820. The zero-order valence-electron chi connectivity index (χ0n) is 24.0. The number of hydrogen-bond acceptors (Lipinski definition) is 4. The number of fused-ring (bicyclic) bond motifs is 2. The van der Waals surface area contributed by atoms with Crippen LogP contribution in [0.1, 0.15) is 54.4 Å². The first-order valence-electron chi connectivity index (χ1n) is 14.7. The van der Waals surface area contributed by atoms with Gasteiger partial charge in [-0.05, 0) is 75.2 Å². The Balaban J connectivity index is 1.14. The number of imidazole rings is 1. The SMILES string of the molecule is Cc1ccccc1-c1nn(C)c2c(CN3CCC(c4nc5ccccc5n4C(C)c4ccccn4)CC3)cccc12. The van der Waals surface area contributed by atoms with E-state index in [0.717, 1.165) is 49.4 Å². The van der Waals surface area contributed by atoms with Crippen molar-refractivity contribution >= 4 is 21.9 Å². The summed E-state index contributed by atoms with van der Waals surface area (Å²) in [5.74, 6) is 1.62. The number of aromatic nitrogens is 5. The molecule has 1 saturated heterocycles. The molecule has 1 fully saturated rings. The van der Waals surface area contributed by atoms with E-state index in [1.807, 2.05) is 12.3 Å². The fraction of sp³-hybridized carbons (Fsp3) is 0.286. The Labute approximate surface area is 241 Å². The number of likely N-dealkylation sites (tertiary alicyclic amines) is 1. The van der Waals surface area contributed by atoms with Crippen LogP contribution in [0.15, 0.2) is 91.1 Å². The highest BCUT2D eigenvalue weighted by molar-refractivity contribution is 5.95. The Kier molecular flexibility index (Phi) is 6.63. The molecule has 6 aromatic rings. The van der Waals surface area contributed by atoms with Crippen LogP contribution >= 0.6 is 0 Å². The lowest BCUT2D eigenvalue weighted by atomic mass is 9.94. The fourth-order valence-corrected chi connectivity index (χ4v) is 6.69. The van der Waals surface area contributed by atoms with Crippen LogP contribution in [-0.2, 0) is 13.6 Å². The average Bonchev–Trinajstić information content (AvgIpc) is 3.56. The second-order valence-electron chi connectivity index (χ2n) is 11.4. The standard InChI is InChI=1S/C35H36N6/c1-24-11-4-5-13-28(24)33-29-14-10-12-27(34(29)39(3)38-33)23-40-21-18-26(19-22-40)35-37-31-16-6-7-17-32(31)41(35)25(2)30-15-8-9-20-36-30/h4-17,20,25-26H,18-19,21-23H2,1-3H3. The Morgan fingerprint density at radius 2 is 1.66 bits per heavy atom. The third kappa shape index (κ3) is 4.62. The number of benzene rings is 3. The molecule has 1 atom stereocenters. The highest BCUT2D eigenvalue weighted by atomic mass is 15.3. The first-order chi connectivity index (χ1) is 20.1. The Hall–Kier alpha value is -4.29. The number of piperidine rings is 1. The van der Waals surface area contributed by atoms with E-state index in [-0.39, 0.29) is 6.04 Å². The molecule has 0 saturated carbocycles. The van der Waals surface area contributed by atoms with Crippen molar-refractivity contribution in [1.82, 2.24) is 29.2 Å². The highest BCUT2D eigenvalue weighted by Gasteiger charge is 2.28. The molecule has 41 heavy (non-hydrogen) atoms. The smallest absolute Gasteiger partial charge is 0.113 e. The van der Waals surface area contributed by atoms with Gasteiger partial charge in [0.05, 0.1) is 28.3 Å². The molecule has 3 aromatic heterocycles. The van der Waals surface area contributed by atoms with Crippen LogP contribution in [0, 0.1) is 6.92 Å². The van der Waals surface area contributed by atoms with Gasteiger partial charge in [0.1, 0.15) is 11.5 Å². The summed E-state index contributed by atoms with van der Waals surface area (Å²) < 4.78 is 4.50. The molecule has 0 N–H and O–H groups in total. The van der Waals surface area contributed by atoms with Gasteiger partial charge >= 0.3 is 0 Å². The first-order valence-corrected chi connectivity index (χ1v) is 14.7. The quantitative estimate of drug-likeness (QED) is 0.223. The van der Waals surface area contributed by atoms with Gasteiger partial charge in [-0.15, -0.1) is 0 Å². The van der Waals surface area contributed by atoms with Crippen molar-refractivity contribution in [2.24, 2.45) is 7.05 Å². The van der Waals surface area contributed by atoms with Crippen molar-refractivity contribution in [2.75, 3.05) is 13.1 Å². The molecular formula is C35H36N6. The van der Waals surface area contributed by atoms with Crippen molar-refractivity contribution in [1.29, 1.82) is 0 Å². The summed E-state index contributed by atoms with van der Waals surface area (Å²) in [6.45, 7) is 7.43. The molecule has 6 nitrogen and oxygen atoms in total. The maximum Gasteiger partial charge on any atom is 0.113 e. The number of pyridine rings is 1. The van der Waals surface area contributed by atoms with Crippen molar-refractivity contribution in [2.45, 2.75) is 45.2 Å². The minimum atomic E-state index is 0.126. The first kappa shape index (κ1) is 25.7. The predicted molar refractivity (Wildman–Crippen MR) is 166 cm³/mol. The fourth-order valence-electron chi connectivity index (χ4n) is 6.69. The van der Waals surface area contributed by atoms with E-state index >= 15 is 0 Å². The third-order valence-corrected chi connectivity index (χ3v) is 8.82. The molecule has 1 unspecified atom stereocenters. The summed E-state index contributed by atoms with van der Waals surface area (Å²) in [5, 5.41) is 6.21. The van der Waals surface area contributed by atoms with Crippen LogP contribution in [0.5, 0.6) is 0 Å². The molecule has 0 spiro atoms. The van der Waals surface area contributed by atoms with Gasteiger partial charge in [0.15, 0.2) is 0 Å². The summed E-state index contributed by atoms with van der Waals surface area (Å²) in [6, 6.07) is 30.0. The van der Waals surface area contributed by atoms with Crippen LogP contribution in [0.3, 0.4) is 0 Å². The van der Waals surface area contributed by atoms with E-state index in [9.17, 15) is 0 Å². The van der Waals surface area contributed by atoms with E-state index in [0.29, 0.717) is 5.92 Å². The lowest BCUT2D eigenvalue weighted by Crippen LogP contribution is -2.33. The normalized spacial score (nSPS) is 15.6. The Morgan fingerprint density at radius 3 is 2.46 bits per heavy atom. The summed E-state index contributed by atoms with van der Waals surface area (Å²) in [7, 11) is 2.08. The third-order valence-electron chi connectivity index (χ3n) is 8.82. The molecular weight excluding hydrogens is 504 g/mol. The van der Waals surface area contributed by atoms with Crippen LogP contribution in [0.4, 0.5) is 0 Å². The van der Waals surface area contributed by atoms with Crippen molar-refractivity contribution in [3.63, 3.8) is 0 Å². The molecule has 0 radical (unpaired) electrons. The lowest BCUT2D eigenvalue weighted by molar-refractivity contribution is 0.200. The average molecular weight is 541 g/mol. The van der Waals surface area contributed by atoms with Gasteiger partial charge in [-0.1, -0.05) is 60.7 Å². The van der Waals surface area contributed by atoms with Gasteiger partial charge in [0, 0.05) is 36.7 Å². The molecule has 206 valence electrons. The van der Waals surface area contributed by atoms with Gasteiger partial charge in [-0.3, -0.25) is 14.6 Å². The zero-order chi connectivity index (χ0) is 27.9. The number of aryl methyl sites for hydroxylation is 2. The zero-order valence-corrected chi connectivity index (χ0v) is 24.0. The minimum Gasteiger partial charge on any atom is -0.319 e. The monoisotopic (exact) mass is 540 g/mol. The molecule has 7 rings (SSSR count). The van der Waals surface area contributed by atoms with Crippen molar-refractivity contribution < 1.29 is 0 Å². The maximum atomic E-state index is 5.19. The van der Waals surface area contributed by atoms with Crippen LogP contribution in [0.2, 0.25) is 0 Å². The van der Waals surface area contributed by atoms with Gasteiger partial charge in [0.2, 0.25) is 0 Å². The number of nitrogens with zero attached hydrogens (tertiary/aromatic N) is 6. The van der Waals surface area contributed by atoms with Gasteiger partial charge < -0.3 is 4.57 Å². The predicted octanol–water partition coefficient (Wildman–Crippen LogP) is 7.28. The molecule has 1 aliphatic heterocycles. The van der Waals surface area contributed by atoms with Gasteiger partial charge in [-0.25, -0.2) is 4.98 Å². The van der Waals surface area contributed by atoms with E-state index in [1.54, 1.807) is 0 Å². The molecule has 1 aliphatic rings. The second kappa shape index (κ2) is 10.6. The number of rotatable bonds is 6. The van der Waals surface area contributed by atoms with E-state index < -0.39 is 0 Å². The van der Waals surface area contributed by atoms with Gasteiger partial charge in [-0.2, -0.15) is 5.10 Å². The van der Waals surface area contributed by atoms with E-state index in [1.165, 1.54) is 38.9 Å². The molecule has 0 bridgehead atoms. The van der Waals surface area contributed by atoms with E-state index in [2.05, 4.69) is 119 Å². The largest absolute Gasteiger partial charge is 0.319 e. The maximum absolute atomic E-state index is 5.19. The summed E-state index contributed by atoms with van der Waals surface area (Å²) in [5.41, 5.74) is 9.44. The molecule has 0 amide bonds. The molecule has 3 aromatic carbocycles. The lowest BCUT2D eigenvalue weighted by Gasteiger charge is -2.32. The van der Waals surface area contributed by atoms with Crippen molar-refractivity contribution in [3.8, 4) is 11.3 Å². The number of hydrogen-bond donors (Lipinski definition) is 0. The molecule has 6 heteroatoms. The van der Waals surface area contributed by atoms with Crippen LogP contribution in [0.25, 0.3) is 33.2 Å². The topological polar surface area (TPSA) is 51.8 Å². The molecule has 0 aliphatic carbocycles. The van der Waals surface area contributed by atoms with Crippen molar-refractivity contribution in [3.05, 3.63) is 114 Å². The highest BCUT2D eigenvalue weighted by Crippen LogP contribution is 2.36. The summed E-state index contributed by atoms with van der Waals surface area (Å²) in [4.78, 5) is 12.5. The van der Waals surface area contributed by atoms with Crippen LogP contribution in [-0.4, -0.2) is 42.3 Å². The second-order valence-corrected chi connectivity index (χ2v) is 11.4. The van der Waals surface area contributed by atoms with Gasteiger partial charge in [0.25, 0.3) is 0 Å². The summed E-state index contributed by atoms with van der Waals surface area (Å²) >= 11 is 0. The van der Waals surface area contributed by atoms with Crippen LogP contribution < -0.4 is 0 Å². The molecule has 4 heterocycles. The number of para-hydroxylation sites is 3. The summed E-state index contributed by atoms with van der Waals surface area (Å²) in [6.07, 6.45) is 4.07.